The van der Waals surface area contributed by atoms with Crippen molar-refractivity contribution in [3.05, 3.63) is 46.9 Å². The summed E-state index contributed by atoms with van der Waals surface area (Å²) < 4.78 is 7.65. The van der Waals surface area contributed by atoms with Crippen LogP contribution < -0.4 is 10.1 Å². The van der Waals surface area contributed by atoms with Crippen molar-refractivity contribution in [2.75, 3.05) is 11.9 Å². The molecule has 0 saturated carbocycles. The number of rotatable bonds is 3. The molecule has 2 atom stereocenters. The van der Waals surface area contributed by atoms with E-state index in [0.717, 1.165) is 29.0 Å². The highest BCUT2D eigenvalue weighted by atomic mass is 16.5. The van der Waals surface area contributed by atoms with Crippen LogP contribution in [0.3, 0.4) is 0 Å². The summed E-state index contributed by atoms with van der Waals surface area (Å²) in [6.45, 7) is 6.50. The summed E-state index contributed by atoms with van der Waals surface area (Å²) in [7, 11) is 0. The van der Waals surface area contributed by atoms with Gasteiger partial charge in [0.2, 0.25) is 5.95 Å². The van der Waals surface area contributed by atoms with E-state index in [4.69, 9.17) is 4.74 Å². The minimum Gasteiger partial charge on any atom is -0.494 e. The highest BCUT2D eigenvalue weighted by Gasteiger charge is 2.39. The number of allylic oxidation sites excluding steroid dienone is 2. The van der Waals surface area contributed by atoms with Gasteiger partial charge in [-0.25, -0.2) is 4.68 Å². The summed E-state index contributed by atoms with van der Waals surface area (Å²) in [6.07, 6.45) is 1.41. The standard InChI is InChI=1S/C19H22N4O2/c1-4-25-16-8-6-5-7-13(16)18-17-14(9-11(2)10-15(17)24)21-19-20-12(3)22-23(18)19/h5-8,11,18H,4,9-10H2,1-3H3,(H,20,21,22)/t11-,18-/m0/s1. The number of anilines is 1. The van der Waals surface area contributed by atoms with E-state index < -0.39 is 0 Å². The molecule has 4 rings (SSSR count). The van der Waals surface area contributed by atoms with Gasteiger partial charge in [0.1, 0.15) is 17.6 Å². The normalized spacial score (nSPS) is 22.3. The van der Waals surface area contributed by atoms with Gasteiger partial charge in [0.25, 0.3) is 0 Å². The second-order valence-electron chi connectivity index (χ2n) is 6.75. The molecule has 0 saturated heterocycles. The lowest BCUT2D eigenvalue weighted by Gasteiger charge is -2.34. The Morgan fingerprint density at radius 1 is 1.32 bits per heavy atom. The molecule has 1 aromatic carbocycles. The van der Waals surface area contributed by atoms with E-state index in [0.29, 0.717) is 30.7 Å². The number of benzene rings is 1. The van der Waals surface area contributed by atoms with Crippen molar-refractivity contribution in [1.29, 1.82) is 0 Å². The van der Waals surface area contributed by atoms with E-state index in [1.54, 1.807) is 0 Å². The van der Waals surface area contributed by atoms with Crippen LogP contribution in [0.5, 0.6) is 5.75 Å². The fraction of sp³-hybridized carbons (Fsp3) is 0.421. The predicted molar refractivity (Wildman–Crippen MR) is 94.6 cm³/mol. The van der Waals surface area contributed by atoms with Gasteiger partial charge >= 0.3 is 0 Å². The molecule has 0 spiro atoms. The van der Waals surface area contributed by atoms with Crippen molar-refractivity contribution in [1.82, 2.24) is 14.8 Å². The molecule has 1 N–H and O–H groups in total. The quantitative estimate of drug-likeness (QED) is 0.930. The van der Waals surface area contributed by atoms with E-state index in [-0.39, 0.29) is 11.8 Å². The molecular formula is C19H22N4O2. The molecular weight excluding hydrogens is 316 g/mol. The minimum absolute atomic E-state index is 0.177. The monoisotopic (exact) mass is 338 g/mol. The number of aryl methyl sites for hydroxylation is 1. The summed E-state index contributed by atoms with van der Waals surface area (Å²) in [5, 5.41) is 7.89. The molecule has 0 radical (unpaired) electrons. The Morgan fingerprint density at radius 2 is 2.12 bits per heavy atom. The molecule has 1 aliphatic carbocycles. The highest BCUT2D eigenvalue weighted by molar-refractivity contribution is 5.99. The van der Waals surface area contributed by atoms with E-state index >= 15 is 0 Å². The number of ketones is 1. The maximum atomic E-state index is 12.9. The van der Waals surface area contributed by atoms with Gasteiger partial charge in [-0.05, 0) is 32.3 Å². The Kier molecular flexibility index (Phi) is 3.82. The van der Waals surface area contributed by atoms with Crippen LogP contribution >= 0.6 is 0 Å². The van der Waals surface area contributed by atoms with Crippen molar-refractivity contribution in [2.24, 2.45) is 5.92 Å². The number of carbonyl (C=O) groups is 1. The van der Waals surface area contributed by atoms with Gasteiger partial charge in [0, 0.05) is 23.3 Å². The molecule has 0 unspecified atom stereocenters. The van der Waals surface area contributed by atoms with Crippen LogP contribution in [0.15, 0.2) is 35.5 Å². The number of fused-ring (bicyclic) bond motifs is 1. The first-order chi connectivity index (χ1) is 12.1. The Labute approximate surface area is 146 Å². The third-order valence-corrected chi connectivity index (χ3v) is 4.74. The summed E-state index contributed by atoms with van der Waals surface area (Å²) in [4.78, 5) is 17.4. The van der Waals surface area contributed by atoms with Gasteiger partial charge in [0.15, 0.2) is 5.78 Å². The van der Waals surface area contributed by atoms with Gasteiger partial charge in [-0.15, -0.1) is 0 Å². The molecule has 130 valence electrons. The third kappa shape index (κ3) is 2.62. The molecule has 2 heterocycles. The number of nitrogens with one attached hydrogen (secondary N) is 1. The Bertz CT molecular complexity index is 868. The molecule has 2 aliphatic rings. The molecule has 1 aromatic heterocycles. The van der Waals surface area contributed by atoms with Crippen molar-refractivity contribution in [3.63, 3.8) is 0 Å². The molecule has 0 amide bonds. The molecule has 25 heavy (non-hydrogen) atoms. The van der Waals surface area contributed by atoms with Crippen LogP contribution in [-0.4, -0.2) is 27.2 Å². The number of hydrogen-bond donors (Lipinski definition) is 1. The zero-order chi connectivity index (χ0) is 17.6. The smallest absolute Gasteiger partial charge is 0.226 e. The summed E-state index contributed by atoms with van der Waals surface area (Å²) >= 11 is 0. The highest BCUT2D eigenvalue weighted by Crippen LogP contribution is 2.43. The first-order valence-corrected chi connectivity index (χ1v) is 8.76. The molecule has 6 heteroatoms. The van der Waals surface area contributed by atoms with Gasteiger partial charge in [-0.3, -0.25) is 4.79 Å². The lowest BCUT2D eigenvalue weighted by Crippen LogP contribution is -2.33. The average molecular weight is 338 g/mol. The zero-order valence-electron chi connectivity index (χ0n) is 14.7. The lowest BCUT2D eigenvalue weighted by atomic mass is 9.81. The Morgan fingerprint density at radius 3 is 2.92 bits per heavy atom. The molecule has 1 aliphatic heterocycles. The Balaban J connectivity index is 1.92. The van der Waals surface area contributed by atoms with Gasteiger partial charge in [-0.1, -0.05) is 25.1 Å². The van der Waals surface area contributed by atoms with E-state index in [2.05, 4.69) is 22.3 Å². The molecule has 2 aromatic rings. The van der Waals surface area contributed by atoms with Crippen LogP contribution in [0.1, 0.15) is 44.1 Å². The number of aromatic nitrogens is 3. The van der Waals surface area contributed by atoms with E-state index in [1.165, 1.54) is 0 Å². The fourth-order valence-electron chi connectivity index (χ4n) is 3.79. The SMILES string of the molecule is CCOc1ccccc1[C@H]1C2=C(C[C@H](C)CC2=O)Nc2nc(C)nn21. The number of hydrogen-bond acceptors (Lipinski definition) is 5. The van der Waals surface area contributed by atoms with Crippen LogP contribution in [0, 0.1) is 12.8 Å². The van der Waals surface area contributed by atoms with E-state index in [9.17, 15) is 4.79 Å². The second kappa shape index (κ2) is 6.02. The average Bonchev–Trinajstić information content (AvgIpc) is 2.93. The topological polar surface area (TPSA) is 69.0 Å². The molecule has 0 bridgehead atoms. The van der Waals surface area contributed by atoms with Crippen molar-refractivity contribution >= 4 is 11.7 Å². The lowest BCUT2D eigenvalue weighted by molar-refractivity contribution is -0.117. The van der Waals surface area contributed by atoms with Crippen molar-refractivity contribution < 1.29 is 9.53 Å². The number of para-hydroxylation sites is 1. The maximum absolute atomic E-state index is 12.9. The number of carbonyl (C=O) groups excluding carboxylic acids is 1. The van der Waals surface area contributed by atoms with Crippen LogP contribution in [0.2, 0.25) is 0 Å². The van der Waals surface area contributed by atoms with Crippen LogP contribution in [0.25, 0.3) is 0 Å². The minimum atomic E-state index is -0.296. The Hall–Kier alpha value is -2.63. The zero-order valence-corrected chi connectivity index (χ0v) is 14.7. The van der Waals surface area contributed by atoms with Crippen molar-refractivity contribution in [2.45, 2.75) is 39.7 Å². The first kappa shape index (κ1) is 15.9. The molecule has 6 nitrogen and oxygen atoms in total. The summed E-state index contributed by atoms with van der Waals surface area (Å²) in [6, 6.07) is 7.58. The maximum Gasteiger partial charge on any atom is 0.226 e. The van der Waals surface area contributed by atoms with Gasteiger partial charge < -0.3 is 10.1 Å². The number of Topliss-reactive ketones (excluding diaryl/α,β-unsaturated/α-hetero) is 1. The second-order valence-corrected chi connectivity index (χ2v) is 6.75. The van der Waals surface area contributed by atoms with Crippen molar-refractivity contribution in [3.8, 4) is 5.75 Å². The number of nitrogens with zero attached hydrogens (tertiary/aromatic N) is 3. The van der Waals surface area contributed by atoms with Crippen LogP contribution in [0.4, 0.5) is 5.95 Å². The molecule has 0 fully saturated rings. The number of ether oxygens (including phenoxy) is 1. The third-order valence-electron chi connectivity index (χ3n) is 4.74. The van der Waals surface area contributed by atoms with Gasteiger partial charge in [-0.2, -0.15) is 10.1 Å². The largest absolute Gasteiger partial charge is 0.494 e. The summed E-state index contributed by atoms with van der Waals surface area (Å²) in [5.74, 6) is 2.67. The van der Waals surface area contributed by atoms with E-state index in [1.807, 2.05) is 42.8 Å². The fourth-order valence-corrected chi connectivity index (χ4v) is 3.79. The van der Waals surface area contributed by atoms with Gasteiger partial charge in [0.05, 0.1) is 6.61 Å². The van der Waals surface area contributed by atoms with Crippen LogP contribution in [-0.2, 0) is 4.79 Å². The summed E-state index contributed by atoms with van der Waals surface area (Å²) in [5.41, 5.74) is 2.72. The predicted octanol–water partition coefficient (Wildman–Crippen LogP) is 3.25. The first-order valence-electron chi connectivity index (χ1n) is 8.76.